The van der Waals surface area contributed by atoms with Gasteiger partial charge in [0.2, 0.25) is 0 Å². The number of hydrogen-bond donors (Lipinski definition) is 1. The Morgan fingerprint density at radius 2 is 1.78 bits per heavy atom. The van der Waals surface area contributed by atoms with E-state index < -0.39 is 17.8 Å². The Morgan fingerprint density at radius 1 is 1.03 bits per heavy atom. The van der Waals surface area contributed by atoms with E-state index in [1.807, 2.05) is 31.2 Å². The molecule has 4 rings (SSSR count). The molecule has 1 aliphatic rings. The number of amides is 4. The summed E-state index contributed by atoms with van der Waals surface area (Å²) < 4.78 is 6.80. The molecule has 1 saturated heterocycles. The Bertz CT molecular complexity index is 1420. The predicted octanol–water partition coefficient (Wildman–Crippen LogP) is 6.72. The lowest BCUT2D eigenvalue weighted by Gasteiger charge is -2.27. The summed E-state index contributed by atoms with van der Waals surface area (Å²) >= 11 is 16.4. The van der Waals surface area contributed by atoms with Crippen LogP contribution in [0.3, 0.4) is 0 Å². The van der Waals surface area contributed by atoms with Gasteiger partial charge in [0, 0.05) is 26.5 Å². The average molecular weight is 588 g/mol. The van der Waals surface area contributed by atoms with Gasteiger partial charge in [-0.25, -0.2) is 9.69 Å². The Hall–Kier alpha value is -3.13. The molecule has 0 aromatic heterocycles. The summed E-state index contributed by atoms with van der Waals surface area (Å²) in [5.41, 5.74) is 2.90. The normalized spacial score (nSPS) is 14.9. The van der Waals surface area contributed by atoms with Crippen molar-refractivity contribution < 1.29 is 19.1 Å². The third-order valence-corrected chi connectivity index (χ3v) is 7.21. The van der Waals surface area contributed by atoms with E-state index in [-0.39, 0.29) is 5.57 Å². The van der Waals surface area contributed by atoms with E-state index in [4.69, 9.17) is 27.9 Å². The third kappa shape index (κ3) is 5.19. The number of barbiturate groups is 1. The predicted molar refractivity (Wildman–Crippen MR) is 145 cm³/mol. The minimum absolute atomic E-state index is 0.217. The van der Waals surface area contributed by atoms with Crippen molar-refractivity contribution in [2.75, 3.05) is 11.5 Å². The number of nitrogens with zero attached hydrogens (tertiary/aromatic N) is 1. The molecule has 0 radical (unpaired) electrons. The van der Waals surface area contributed by atoms with Crippen LogP contribution in [0.15, 0.2) is 64.6 Å². The fraction of sp³-hybridized carbons (Fsp3) is 0.148. The maximum atomic E-state index is 13.3. The quantitative estimate of drug-likeness (QED) is 0.256. The van der Waals surface area contributed by atoms with Gasteiger partial charge in [-0.2, -0.15) is 0 Å². The first-order valence-electron chi connectivity index (χ1n) is 11.1. The molecule has 1 N–H and O–H groups in total. The van der Waals surface area contributed by atoms with E-state index in [0.29, 0.717) is 45.6 Å². The zero-order valence-electron chi connectivity index (χ0n) is 19.4. The first-order valence-corrected chi connectivity index (χ1v) is 12.6. The number of carbonyl (C=O) groups excluding carboxylic acids is 3. The second-order valence-electron chi connectivity index (χ2n) is 8.02. The topological polar surface area (TPSA) is 75.7 Å². The summed E-state index contributed by atoms with van der Waals surface area (Å²) in [5, 5.41) is 3.04. The van der Waals surface area contributed by atoms with Crippen LogP contribution in [0.1, 0.15) is 29.2 Å². The summed E-state index contributed by atoms with van der Waals surface area (Å²) in [6.45, 7) is 3.95. The summed E-state index contributed by atoms with van der Waals surface area (Å²) in [6.07, 6.45) is 1.91. The first-order chi connectivity index (χ1) is 17.2. The fourth-order valence-electron chi connectivity index (χ4n) is 3.88. The highest BCUT2D eigenvalue weighted by Crippen LogP contribution is 2.34. The van der Waals surface area contributed by atoms with Gasteiger partial charge >= 0.3 is 6.03 Å². The largest absolute Gasteiger partial charge is 0.494 e. The lowest BCUT2D eigenvalue weighted by Crippen LogP contribution is -2.54. The van der Waals surface area contributed by atoms with E-state index in [9.17, 15) is 14.4 Å². The van der Waals surface area contributed by atoms with Gasteiger partial charge in [-0.3, -0.25) is 14.9 Å². The van der Waals surface area contributed by atoms with Crippen LogP contribution in [-0.2, 0) is 16.0 Å². The summed E-state index contributed by atoms with van der Waals surface area (Å²) in [4.78, 5) is 39.4. The van der Waals surface area contributed by atoms with E-state index in [0.717, 1.165) is 20.5 Å². The van der Waals surface area contributed by atoms with Crippen molar-refractivity contribution >= 4 is 68.7 Å². The van der Waals surface area contributed by atoms with Crippen molar-refractivity contribution in [3.05, 3.63) is 96.9 Å². The summed E-state index contributed by atoms with van der Waals surface area (Å²) in [6, 6.07) is 15.2. The van der Waals surface area contributed by atoms with Crippen molar-refractivity contribution in [1.29, 1.82) is 0 Å². The smallest absolute Gasteiger partial charge is 0.335 e. The molecule has 0 saturated carbocycles. The van der Waals surface area contributed by atoms with Crippen molar-refractivity contribution in [2.45, 2.75) is 20.3 Å². The highest BCUT2D eigenvalue weighted by atomic mass is 79.9. The lowest BCUT2D eigenvalue weighted by atomic mass is 10.00. The standard InChI is InChI=1S/C27H21BrCl2N2O4/c1-3-36-24-13-16(12-22(30)18(24)14-17-7-4-5-8-20(17)28)11-19-25(33)31-27(35)32(26(19)34)23-10-6-9-21(29)15(23)2/h4-13H,3,14H2,1-2H3,(H,31,33,35)/b19-11+. The van der Waals surface area contributed by atoms with Crippen LogP contribution in [0.2, 0.25) is 10.0 Å². The van der Waals surface area contributed by atoms with Gasteiger partial charge in [0.1, 0.15) is 11.3 Å². The average Bonchev–Trinajstić information content (AvgIpc) is 2.83. The Balaban J connectivity index is 1.75. The highest BCUT2D eigenvalue weighted by molar-refractivity contribution is 9.10. The molecule has 0 bridgehead atoms. The Labute approximate surface area is 227 Å². The number of anilines is 1. The zero-order valence-corrected chi connectivity index (χ0v) is 22.5. The molecule has 6 nitrogen and oxygen atoms in total. The molecule has 184 valence electrons. The van der Waals surface area contributed by atoms with E-state index in [1.54, 1.807) is 37.3 Å². The fourth-order valence-corrected chi connectivity index (χ4v) is 4.76. The Kier molecular flexibility index (Phi) is 7.83. The second kappa shape index (κ2) is 10.9. The van der Waals surface area contributed by atoms with Crippen LogP contribution >= 0.6 is 39.1 Å². The van der Waals surface area contributed by atoms with Gasteiger partial charge < -0.3 is 4.74 Å². The zero-order chi connectivity index (χ0) is 26.0. The Morgan fingerprint density at radius 3 is 2.50 bits per heavy atom. The van der Waals surface area contributed by atoms with Gasteiger partial charge in [-0.15, -0.1) is 0 Å². The van der Waals surface area contributed by atoms with Crippen LogP contribution in [0.25, 0.3) is 6.08 Å². The van der Waals surface area contributed by atoms with Crippen molar-refractivity contribution in [3.63, 3.8) is 0 Å². The van der Waals surface area contributed by atoms with Gasteiger partial charge in [-0.1, -0.05) is 63.4 Å². The minimum atomic E-state index is -0.843. The maximum absolute atomic E-state index is 13.3. The van der Waals surface area contributed by atoms with Crippen LogP contribution in [0.5, 0.6) is 5.75 Å². The lowest BCUT2D eigenvalue weighted by molar-refractivity contribution is -0.122. The third-order valence-electron chi connectivity index (χ3n) is 5.69. The summed E-state index contributed by atoms with van der Waals surface area (Å²) in [5.74, 6) is -1.03. The van der Waals surface area contributed by atoms with Crippen LogP contribution < -0.4 is 15.0 Å². The van der Waals surface area contributed by atoms with Crippen molar-refractivity contribution in [2.24, 2.45) is 0 Å². The molecule has 0 atom stereocenters. The number of hydrogen-bond acceptors (Lipinski definition) is 4. The van der Waals surface area contributed by atoms with E-state index in [2.05, 4.69) is 21.2 Å². The van der Waals surface area contributed by atoms with E-state index in [1.165, 1.54) is 6.08 Å². The van der Waals surface area contributed by atoms with Crippen LogP contribution in [-0.4, -0.2) is 24.5 Å². The number of benzene rings is 3. The number of halogens is 3. The molecule has 1 aliphatic heterocycles. The first kappa shape index (κ1) is 25.9. The minimum Gasteiger partial charge on any atom is -0.494 e. The molecule has 0 aliphatic carbocycles. The SMILES string of the molecule is CCOc1cc(/C=C2\C(=O)NC(=O)N(c3cccc(Cl)c3C)C2=O)cc(Cl)c1Cc1ccccc1Br. The molecule has 0 spiro atoms. The monoisotopic (exact) mass is 586 g/mol. The van der Waals surface area contributed by atoms with Crippen molar-refractivity contribution in [3.8, 4) is 5.75 Å². The van der Waals surface area contributed by atoms with Gasteiger partial charge in [0.05, 0.1) is 12.3 Å². The van der Waals surface area contributed by atoms with Gasteiger partial charge in [0.15, 0.2) is 0 Å². The molecule has 36 heavy (non-hydrogen) atoms. The molecule has 9 heteroatoms. The maximum Gasteiger partial charge on any atom is 0.335 e. The van der Waals surface area contributed by atoms with Gasteiger partial charge in [0.25, 0.3) is 11.8 Å². The van der Waals surface area contributed by atoms with E-state index >= 15 is 0 Å². The van der Waals surface area contributed by atoms with Crippen molar-refractivity contribution in [1.82, 2.24) is 5.32 Å². The molecular formula is C27H21BrCl2N2O4. The molecular weight excluding hydrogens is 567 g/mol. The molecule has 0 unspecified atom stereocenters. The van der Waals surface area contributed by atoms with Crippen LogP contribution in [0, 0.1) is 6.92 Å². The number of urea groups is 1. The second-order valence-corrected chi connectivity index (χ2v) is 9.69. The number of rotatable bonds is 6. The molecule has 3 aromatic carbocycles. The molecule has 1 heterocycles. The number of ether oxygens (including phenoxy) is 1. The molecule has 3 aromatic rings. The highest BCUT2D eigenvalue weighted by Gasteiger charge is 2.37. The molecule has 4 amide bonds. The number of carbonyl (C=O) groups is 3. The number of nitrogens with one attached hydrogen (secondary N) is 1. The number of imide groups is 2. The van der Waals surface area contributed by atoms with Gasteiger partial charge in [-0.05, 0) is 66.9 Å². The van der Waals surface area contributed by atoms with Crippen LogP contribution in [0.4, 0.5) is 10.5 Å². The summed E-state index contributed by atoms with van der Waals surface area (Å²) in [7, 11) is 0. The molecule has 1 fully saturated rings.